The number of aliphatic carboxylic acids is 2. The fourth-order valence-electron chi connectivity index (χ4n) is 3.68. The molecule has 0 bridgehead atoms. The van der Waals surface area contributed by atoms with Gasteiger partial charge in [0, 0.05) is 26.7 Å². The summed E-state index contributed by atoms with van der Waals surface area (Å²) in [6.45, 7) is 5.75. The van der Waals surface area contributed by atoms with Crippen molar-refractivity contribution >= 4 is 17.8 Å². The van der Waals surface area contributed by atoms with Gasteiger partial charge in [0.25, 0.3) is 0 Å². The van der Waals surface area contributed by atoms with Crippen molar-refractivity contribution in [3.05, 3.63) is 71.3 Å². The first kappa shape index (κ1) is 24.1. The van der Waals surface area contributed by atoms with Gasteiger partial charge < -0.3 is 15.1 Å². The Morgan fingerprint density at radius 1 is 1.00 bits per heavy atom. The minimum atomic E-state index is -1.82. The van der Waals surface area contributed by atoms with Crippen LogP contribution in [0.2, 0.25) is 0 Å². The van der Waals surface area contributed by atoms with E-state index >= 15 is 0 Å². The Bertz CT molecular complexity index is 873. The molecule has 166 valence electrons. The molecule has 31 heavy (non-hydrogen) atoms. The molecule has 1 aliphatic heterocycles. The smallest absolute Gasteiger partial charge is 0.414 e. The largest absolute Gasteiger partial charge is 0.473 e. The first-order valence-corrected chi connectivity index (χ1v) is 10.3. The van der Waals surface area contributed by atoms with Gasteiger partial charge in [0.05, 0.1) is 5.92 Å². The van der Waals surface area contributed by atoms with E-state index in [2.05, 4.69) is 48.2 Å². The highest BCUT2D eigenvalue weighted by Gasteiger charge is 2.28. The van der Waals surface area contributed by atoms with Crippen LogP contribution >= 0.6 is 0 Å². The van der Waals surface area contributed by atoms with E-state index in [0.717, 1.165) is 32.5 Å². The molecule has 0 spiro atoms. The number of nitrogens with zero attached hydrogens (tertiary/aromatic N) is 2. The van der Waals surface area contributed by atoms with Gasteiger partial charge in [-0.15, -0.1) is 0 Å². The Morgan fingerprint density at radius 2 is 1.61 bits per heavy atom. The third-order valence-corrected chi connectivity index (χ3v) is 5.33. The Morgan fingerprint density at radius 3 is 2.23 bits per heavy atom. The number of hydrogen-bond donors (Lipinski definition) is 2. The van der Waals surface area contributed by atoms with Gasteiger partial charge in [0.2, 0.25) is 5.91 Å². The fourth-order valence-corrected chi connectivity index (χ4v) is 3.68. The molecule has 0 aromatic heterocycles. The molecular weight excluding hydrogens is 396 g/mol. The van der Waals surface area contributed by atoms with Crippen LogP contribution in [0.4, 0.5) is 0 Å². The standard InChI is InChI=1S/C22H28N2O.C2H2O4/c1-18-9-6-7-12-20(18)16-24-14-8-13-21(17-24)22(25)23(2)15-19-10-4-3-5-11-19;3-1(4)2(5)6/h3-7,9-12,21H,8,13-17H2,1-2H3;(H,3,4)(H,5,6). The van der Waals surface area contributed by atoms with Crippen LogP contribution < -0.4 is 0 Å². The summed E-state index contributed by atoms with van der Waals surface area (Å²) in [6.07, 6.45) is 2.10. The number of likely N-dealkylation sites (tertiary alicyclic amines) is 1. The fraction of sp³-hybridized carbons (Fsp3) is 0.375. The van der Waals surface area contributed by atoms with Crippen LogP contribution in [0.1, 0.15) is 29.5 Å². The minimum absolute atomic E-state index is 0.117. The van der Waals surface area contributed by atoms with Crippen molar-refractivity contribution in [3.8, 4) is 0 Å². The molecule has 7 nitrogen and oxygen atoms in total. The van der Waals surface area contributed by atoms with E-state index in [4.69, 9.17) is 19.8 Å². The molecule has 1 aliphatic rings. The highest BCUT2D eigenvalue weighted by Crippen LogP contribution is 2.22. The van der Waals surface area contributed by atoms with Gasteiger partial charge in [-0.05, 0) is 43.0 Å². The Hall–Kier alpha value is -3.19. The topological polar surface area (TPSA) is 98.2 Å². The van der Waals surface area contributed by atoms with Crippen LogP contribution in [0.25, 0.3) is 0 Å². The molecule has 3 rings (SSSR count). The zero-order valence-corrected chi connectivity index (χ0v) is 18.0. The number of piperidine rings is 1. The van der Waals surface area contributed by atoms with Gasteiger partial charge in [0.15, 0.2) is 0 Å². The molecule has 1 heterocycles. The van der Waals surface area contributed by atoms with E-state index in [9.17, 15) is 4.79 Å². The number of carboxylic acids is 2. The van der Waals surface area contributed by atoms with Crippen molar-refractivity contribution in [2.45, 2.75) is 32.9 Å². The third kappa shape index (κ3) is 7.86. The molecule has 7 heteroatoms. The lowest BCUT2D eigenvalue weighted by atomic mass is 9.95. The second-order valence-corrected chi connectivity index (χ2v) is 7.79. The van der Waals surface area contributed by atoms with Crippen LogP contribution in [0.15, 0.2) is 54.6 Å². The summed E-state index contributed by atoms with van der Waals surface area (Å²) in [6, 6.07) is 18.8. The maximum atomic E-state index is 12.9. The molecule has 1 unspecified atom stereocenters. The van der Waals surface area contributed by atoms with E-state index in [1.54, 1.807) is 0 Å². The Kier molecular flexibility index (Phi) is 9.21. The lowest BCUT2D eigenvalue weighted by Crippen LogP contribution is -2.43. The van der Waals surface area contributed by atoms with Crippen LogP contribution in [-0.2, 0) is 27.5 Å². The van der Waals surface area contributed by atoms with Crippen LogP contribution in [-0.4, -0.2) is 58.0 Å². The van der Waals surface area contributed by atoms with E-state index in [-0.39, 0.29) is 11.8 Å². The molecule has 1 fully saturated rings. The Labute approximate surface area is 182 Å². The average molecular weight is 427 g/mol. The molecule has 2 N–H and O–H groups in total. The van der Waals surface area contributed by atoms with Crippen LogP contribution in [0.5, 0.6) is 0 Å². The minimum Gasteiger partial charge on any atom is -0.473 e. The summed E-state index contributed by atoms with van der Waals surface area (Å²) in [5.74, 6) is -3.25. The van der Waals surface area contributed by atoms with Crippen molar-refractivity contribution in [3.63, 3.8) is 0 Å². The molecule has 2 aromatic rings. The summed E-state index contributed by atoms with van der Waals surface area (Å²) < 4.78 is 0. The molecule has 1 amide bonds. The number of rotatable bonds is 5. The van der Waals surface area contributed by atoms with Gasteiger partial charge in [0.1, 0.15) is 0 Å². The predicted molar refractivity (Wildman–Crippen MR) is 117 cm³/mol. The number of amides is 1. The summed E-state index contributed by atoms with van der Waals surface area (Å²) in [5, 5.41) is 14.8. The second-order valence-electron chi connectivity index (χ2n) is 7.79. The molecule has 0 aliphatic carbocycles. The number of carbonyl (C=O) groups excluding carboxylic acids is 1. The molecular formula is C24H30N2O5. The van der Waals surface area contributed by atoms with Gasteiger partial charge in [-0.25, -0.2) is 9.59 Å². The van der Waals surface area contributed by atoms with Crippen LogP contribution in [0, 0.1) is 12.8 Å². The van der Waals surface area contributed by atoms with Crippen molar-refractivity contribution in [1.29, 1.82) is 0 Å². The number of aryl methyl sites for hydroxylation is 1. The summed E-state index contributed by atoms with van der Waals surface area (Å²) in [5.41, 5.74) is 3.89. The highest BCUT2D eigenvalue weighted by molar-refractivity contribution is 6.27. The average Bonchev–Trinajstić information content (AvgIpc) is 2.76. The first-order valence-electron chi connectivity index (χ1n) is 10.3. The summed E-state index contributed by atoms with van der Waals surface area (Å²) in [4.78, 5) is 35.4. The van der Waals surface area contributed by atoms with Gasteiger partial charge in [-0.2, -0.15) is 0 Å². The number of carboxylic acid groups (broad SMARTS) is 2. The lowest BCUT2D eigenvalue weighted by Gasteiger charge is -2.34. The molecule has 2 aromatic carbocycles. The second kappa shape index (κ2) is 11.9. The lowest BCUT2D eigenvalue weighted by molar-refractivity contribution is -0.159. The van der Waals surface area contributed by atoms with Crippen molar-refractivity contribution in [2.24, 2.45) is 5.92 Å². The van der Waals surface area contributed by atoms with E-state index in [1.807, 2.05) is 30.1 Å². The normalized spacial score (nSPS) is 16.0. The quantitative estimate of drug-likeness (QED) is 0.713. The number of carbonyl (C=O) groups is 3. The number of benzene rings is 2. The van der Waals surface area contributed by atoms with Crippen LogP contribution in [0.3, 0.4) is 0 Å². The zero-order chi connectivity index (χ0) is 22.8. The summed E-state index contributed by atoms with van der Waals surface area (Å²) >= 11 is 0. The van der Waals surface area contributed by atoms with Crippen molar-refractivity contribution in [2.75, 3.05) is 20.1 Å². The van der Waals surface area contributed by atoms with E-state index < -0.39 is 11.9 Å². The molecule has 0 saturated carbocycles. The Balaban J connectivity index is 0.000000501. The van der Waals surface area contributed by atoms with Crippen molar-refractivity contribution in [1.82, 2.24) is 9.80 Å². The van der Waals surface area contributed by atoms with E-state index in [1.165, 1.54) is 16.7 Å². The summed E-state index contributed by atoms with van der Waals surface area (Å²) in [7, 11) is 1.93. The number of hydrogen-bond acceptors (Lipinski definition) is 4. The highest BCUT2D eigenvalue weighted by atomic mass is 16.4. The van der Waals surface area contributed by atoms with Gasteiger partial charge in [-0.3, -0.25) is 9.69 Å². The van der Waals surface area contributed by atoms with Crippen molar-refractivity contribution < 1.29 is 24.6 Å². The van der Waals surface area contributed by atoms with E-state index in [0.29, 0.717) is 6.54 Å². The molecule has 1 atom stereocenters. The maximum absolute atomic E-state index is 12.9. The third-order valence-electron chi connectivity index (χ3n) is 5.33. The van der Waals surface area contributed by atoms with Gasteiger partial charge in [-0.1, -0.05) is 54.6 Å². The maximum Gasteiger partial charge on any atom is 0.414 e. The first-order chi connectivity index (χ1) is 14.8. The monoisotopic (exact) mass is 426 g/mol. The molecule has 1 saturated heterocycles. The zero-order valence-electron chi connectivity index (χ0n) is 18.0. The predicted octanol–water partition coefficient (Wildman–Crippen LogP) is 3.02. The SMILES string of the molecule is Cc1ccccc1CN1CCCC(C(=O)N(C)Cc2ccccc2)C1.O=C(O)C(=O)O. The molecule has 0 radical (unpaired) electrons. The van der Waals surface area contributed by atoms with Gasteiger partial charge >= 0.3 is 11.9 Å².